The molecule has 0 N–H and O–H groups in total. The van der Waals surface area contributed by atoms with E-state index >= 15 is 0 Å². The highest BCUT2D eigenvalue weighted by Crippen LogP contribution is 2.24. The molecular weight excluding hydrogens is 320 g/mol. The van der Waals surface area contributed by atoms with Crippen LogP contribution in [-0.2, 0) is 9.53 Å². The second-order valence-electron chi connectivity index (χ2n) is 6.72. The van der Waals surface area contributed by atoms with Crippen LogP contribution in [0.1, 0.15) is 29.0 Å². The molecule has 6 nitrogen and oxygen atoms in total. The second-order valence-corrected chi connectivity index (χ2v) is 6.72. The Morgan fingerprint density at radius 2 is 1.88 bits per heavy atom. The summed E-state index contributed by atoms with van der Waals surface area (Å²) in [6, 6.07) is 7.67. The fourth-order valence-electron chi connectivity index (χ4n) is 3.58. The maximum Gasteiger partial charge on any atom is 0.289 e. The summed E-state index contributed by atoms with van der Waals surface area (Å²) in [4.78, 5) is 28.7. The molecule has 2 aliphatic heterocycles. The van der Waals surface area contributed by atoms with Crippen LogP contribution in [0.5, 0.6) is 0 Å². The van der Waals surface area contributed by atoms with Crippen LogP contribution in [0.2, 0.25) is 0 Å². The van der Waals surface area contributed by atoms with Crippen LogP contribution >= 0.6 is 0 Å². The van der Waals surface area contributed by atoms with E-state index in [-0.39, 0.29) is 17.9 Å². The van der Waals surface area contributed by atoms with E-state index in [0.29, 0.717) is 38.5 Å². The molecule has 0 aliphatic carbocycles. The van der Waals surface area contributed by atoms with Crippen molar-refractivity contribution < 1.29 is 18.7 Å². The van der Waals surface area contributed by atoms with Crippen LogP contribution in [0.4, 0.5) is 0 Å². The molecule has 0 bridgehead atoms. The fourth-order valence-corrected chi connectivity index (χ4v) is 3.58. The molecule has 3 heterocycles. The zero-order valence-electron chi connectivity index (χ0n) is 14.4. The molecule has 2 aliphatic rings. The Balaban J connectivity index is 1.42. The van der Waals surface area contributed by atoms with Crippen LogP contribution in [0.25, 0.3) is 11.0 Å². The summed E-state index contributed by atoms with van der Waals surface area (Å²) < 4.78 is 11.2. The van der Waals surface area contributed by atoms with Gasteiger partial charge in [0.25, 0.3) is 11.8 Å². The van der Waals surface area contributed by atoms with Crippen molar-refractivity contribution in [3.05, 3.63) is 35.6 Å². The topological polar surface area (TPSA) is 63.0 Å². The summed E-state index contributed by atoms with van der Waals surface area (Å²) in [7, 11) is 0. The molecule has 0 spiro atoms. The van der Waals surface area contributed by atoms with Crippen LogP contribution < -0.4 is 0 Å². The number of carbonyl (C=O) groups excluding carboxylic acids is 2. The number of fused-ring (bicyclic) bond motifs is 1. The second kappa shape index (κ2) is 6.52. The lowest BCUT2D eigenvalue weighted by molar-refractivity contribution is -0.142. The molecule has 1 unspecified atom stereocenters. The van der Waals surface area contributed by atoms with Gasteiger partial charge in [-0.25, -0.2) is 0 Å². The van der Waals surface area contributed by atoms with Crippen LogP contribution in [0.15, 0.2) is 28.7 Å². The lowest BCUT2D eigenvalue weighted by Gasteiger charge is -2.35. The number of hydrogen-bond donors (Lipinski definition) is 0. The van der Waals surface area contributed by atoms with Crippen molar-refractivity contribution in [1.82, 2.24) is 9.80 Å². The number of amides is 2. The first-order valence-electron chi connectivity index (χ1n) is 8.82. The number of carbonyl (C=O) groups is 2. The van der Waals surface area contributed by atoms with E-state index in [9.17, 15) is 9.59 Å². The normalized spacial score (nSPS) is 21.1. The van der Waals surface area contributed by atoms with Gasteiger partial charge in [0.15, 0.2) is 5.76 Å². The summed E-state index contributed by atoms with van der Waals surface area (Å²) in [5.74, 6) is 0.312. The van der Waals surface area contributed by atoms with Gasteiger partial charge in [0.05, 0.1) is 0 Å². The summed E-state index contributed by atoms with van der Waals surface area (Å²) in [5, 5.41) is 0.940. The Hall–Kier alpha value is -2.34. The summed E-state index contributed by atoms with van der Waals surface area (Å²) in [5.41, 5.74) is 1.78. The maximum absolute atomic E-state index is 12.7. The minimum absolute atomic E-state index is 0.0592. The number of ether oxygens (including phenoxy) is 1. The van der Waals surface area contributed by atoms with Crippen molar-refractivity contribution in [2.45, 2.75) is 25.9 Å². The summed E-state index contributed by atoms with van der Waals surface area (Å²) in [6.07, 6.45) is 1.46. The smallest absolute Gasteiger partial charge is 0.289 e. The third-order valence-electron chi connectivity index (χ3n) is 5.04. The maximum atomic E-state index is 12.7. The van der Waals surface area contributed by atoms with E-state index < -0.39 is 0 Å². The third-order valence-corrected chi connectivity index (χ3v) is 5.04. The Labute approximate surface area is 146 Å². The van der Waals surface area contributed by atoms with Gasteiger partial charge in [0.1, 0.15) is 11.7 Å². The van der Waals surface area contributed by atoms with Crippen molar-refractivity contribution in [2.75, 3.05) is 32.8 Å². The first kappa shape index (κ1) is 16.1. The molecule has 2 saturated heterocycles. The predicted molar refractivity (Wildman–Crippen MR) is 92.4 cm³/mol. The van der Waals surface area contributed by atoms with E-state index in [1.165, 1.54) is 0 Å². The van der Waals surface area contributed by atoms with Crippen molar-refractivity contribution >= 4 is 22.8 Å². The number of benzene rings is 1. The first-order valence-corrected chi connectivity index (χ1v) is 8.82. The SMILES string of the molecule is Cc1cccc2cc(C(=O)N3CCN(C(=O)C4CCCO4)CC3)oc12. The van der Waals surface area contributed by atoms with Crippen LogP contribution in [-0.4, -0.2) is 60.5 Å². The third kappa shape index (κ3) is 3.02. The van der Waals surface area contributed by atoms with Crippen LogP contribution in [0.3, 0.4) is 0 Å². The van der Waals surface area contributed by atoms with Crippen LogP contribution in [0, 0.1) is 6.92 Å². The van der Waals surface area contributed by atoms with E-state index in [0.717, 1.165) is 29.4 Å². The average Bonchev–Trinajstić information content (AvgIpc) is 3.31. The highest BCUT2D eigenvalue weighted by molar-refractivity contribution is 5.96. The minimum Gasteiger partial charge on any atom is -0.451 e. The van der Waals surface area contributed by atoms with Crippen molar-refractivity contribution in [3.63, 3.8) is 0 Å². The van der Waals surface area contributed by atoms with Gasteiger partial charge < -0.3 is 19.0 Å². The number of para-hydroxylation sites is 1. The molecule has 1 atom stereocenters. The molecule has 2 aromatic rings. The molecule has 1 aromatic carbocycles. The Morgan fingerprint density at radius 3 is 2.56 bits per heavy atom. The van der Waals surface area contributed by atoms with E-state index in [1.807, 2.05) is 30.0 Å². The Kier molecular flexibility index (Phi) is 4.21. The molecular formula is C19H22N2O4. The van der Waals surface area contributed by atoms with Gasteiger partial charge in [-0.3, -0.25) is 9.59 Å². The molecule has 132 valence electrons. The number of aryl methyl sites for hydroxylation is 1. The van der Waals surface area contributed by atoms with Gasteiger partial charge in [-0.2, -0.15) is 0 Å². The standard InChI is InChI=1S/C19H22N2O4/c1-13-4-2-5-14-12-16(25-17(13)14)19(23)21-9-7-20(8-10-21)18(22)15-6-3-11-24-15/h2,4-5,12,15H,3,6-11H2,1H3. The van der Waals surface area contributed by atoms with Gasteiger partial charge in [-0.1, -0.05) is 18.2 Å². The van der Waals surface area contributed by atoms with Crippen molar-refractivity contribution in [1.29, 1.82) is 0 Å². The summed E-state index contributed by atoms with van der Waals surface area (Å²) in [6.45, 7) is 4.77. The zero-order chi connectivity index (χ0) is 17.4. The summed E-state index contributed by atoms with van der Waals surface area (Å²) >= 11 is 0. The molecule has 0 saturated carbocycles. The lowest BCUT2D eigenvalue weighted by atomic mass is 10.2. The molecule has 4 rings (SSSR count). The van der Waals surface area contributed by atoms with Gasteiger partial charge in [0, 0.05) is 38.2 Å². The van der Waals surface area contributed by atoms with E-state index in [4.69, 9.17) is 9.15 Å². The number of nitrogens with zero attached hydrogens (tertiary/aromatic N) is 2. The largest absolute Gasteiger partial charge is 0.451 e. The molecule has 2 fully saturated rings. The highest BCUT2D eigenvalue weighted by atomic mass is 16.5. The number of hydrogen-bond acceptors (Lipinski definition) is 4. The highest BCUT2D eigenvalue weighted by Gasteiger charge is 2.32. The number of piperazine rings is 1. The van der Waals surface area contributed by atoms with E-state index in [2.05, 4.69) is 0 Å². The Bertz CT molecular complexity index is 799. The van der Waals surface area contributed by atoms with Gasteiger partial charge in [-0.05, 0) is 31.4 Å². The Morgan fingerprint density at radius 1 is 1.12 bits per heavy atom. The van der Waals surface area contributed by atoms with Gasteiger partial charge in [-0.15, -0.1) is 0 Å². The number of rotatable bonds is 2. The zero-order valence-corrected chi connectivity index (χ0v) is 14.4. The molecule has 0 radical (unpaired) electrons. The fraction of sp³-hybridized carbons (Fsp3) is 0.474. The molecule has 6 heteroatoms. The van der Waals surface area contributed by atoms with Crippen molar-refractivity contribution in [3.8, 4) is 0 Å². The van der Waals surface area contributed by atoms with E-state index in [1.54, 1.807) is 11.0 Å². The quantitative estimate of drug-likeness (QED) is 0.839. The lowest BCUT2D eigenvalue weighted by Crippen LogP contribution is -2.52. The monoisotopic (exact) mass is 342 g/mol. The van der Waals surface area contributed by atoms with Gasteiger partial charge in [0.2, 0.25) is 0 Å². The predicted octanol–water partition coefficient (Wildman–Crippen LogP) is 2.20. The molecule has 1 aromatic heterocycles. The molecule has 2 amide bonds. The average molecular weight is 342 g/mol. The number of furan rings is 1. The minimum atomic E-state index is -0.291. The van der Waals surface area contributed by atoms with Gasteiger partial charge >= 0.3 is 0 Å². The van der Waals surface area contributed by atoms with Crippen molar-refractivity contribution in [2.24, 2.45) is 0 Å². The molecule has 25 heavy (non-hydrogen) atoms. The first-order chi connectivity index (χ1) is 12.1.